The van der Waals surface area contributed by atoms with Crippen LogP contribution in [-0.4, -0.2) is 63.9 Å². The Balaban J connectivity index is 1.81. The third kappa shape index (κ3) is 3.50. The van der Waals surface area contributed by atoms with Crippen LogP contribution in [0.2, 0.25) is 0 Å². The van der Waals surface area contributed by atoms with Gasteiger partial charge >= 0.3 is 0 Å². The van der Waals surface area contributed by atoms with Gasteiger partial charge in [-0.15, -0.1) is 0 Å². The van der Waals surface area contributed by atoms with Crippen molar-refractivity contribution in [2.24, 2.45) is 0 Å². The molecule has 3 heterocycles. The molecule has 1 aliphatic heterocycles. The summed E-state index contributed by atoms with van der Waals surface area (Å²) >= 11 is 0. The Kier molecular flexibility index (Phi) is 5.33. The molecule has 0 saturated carbocycles. The first kappa shape index (κ1) is 18.9. The van der Waals surface area contributed by atoms with Crippen LogP contribution in [0.25, 0.3) is 16.8 Å². The van der Waals surface area contributed by atoms with E-state index in [1.165, 1.54) is 0 Å². The van der Waals surface area contributed by atoms with Gasteiger partial charge < -0.3 is 10.0 Å². The number of benzene rings is 1. The maximum atomic E-state index is 9.20. The van der Waals surface area contributed by atoms with E-state index in [4.69, 9.17) is 10.1 Å². The largest absolute Gasteiger partial charge is 0.395 e. The monoisotopic (exact) mass is 379 g/mol. The van der Waals surface area contributed by atoms with Gasteiger partial charge in [0, 0.05) is 50.0 Å². The Morgan fingerprint density at radius 3 is 2.43 bits per heavy atom. The number of aromatic nitrogens is 3. The van der Waals surface area contributed by atoms with Crippen molar-refractivity contribution in [1.82, 2.24) is 19.5 Å². The minimum absolute atomic E-state index is 0.218. The van der Waals surface area contributed by atoms with E-state index in [1.54, 1.807) is 0 Å². The minimum atomic E-state index is 0.218. The van der Waals surface area contributed by atoms with Gasteiger partial charge in [-0.2, -0.15) is 9.61 Å². The molecule has 1 saturated heterocycles. The van der Waals surface area contributed by atoms with Crippen molar-refractivity contribution in [3.05, 3.63) is 47.8 Å². The Morgan fingerprint density at radius 2 is 1.79 bits per heavy atom. The molecule has 1 aliphatic rings. The lowest BCUT2D eigenvalue weighted by Crippen LogP contribution is -2.47. The summed E-state index contributed by atoms with van der Waals surface area (Å²) in [6, 6.07) is 12.6. The van der Waals surface area contributed by atoms with Crippen LogP contribution in [0.3, 0.4) is 0 Å². The van der Waals surface area contributed by atoms with Gasteiger partial charge in [0.1, 0.15) is 5.82 Å². The number of fused-ring (bicyclic) bond motifs is 1. The molecule has 28 heavy (non-hydrogen) atoms. The molecular formula is C22H29N5O. The first-order chi connectivity index (χ1) is 13.6. The molecule has 1 fully saturated rings. The van der Waals surface area contributed by atoms with Crippen LogP contribution in [0.1, 0.15) is 31.2 Å². The van der Waals surface area contributed by atoms with Crippen LogP contribution in [0.4, 0.5) is 5.82 Å². The van der Waals surface area contributed by atoms with E-state index in [9.17, 15) is 5.11 Å². The van der Waals surface area contributed by atoms with Crippen LogP contribution in [0, 0.1) is 6.92 Å². The molecule has 0 radical (unpaired) electrons. The molecule has 4 rings (SSSR count). The smallest absolute Gasteiger partial charge is 0.165 e. The molecule has 0 amide bonds. The third-order valence-corrected chi connectivity index (χ3v) is 5.53. The second-order valence-corrected chi connectivity index (χ2v) is 7.81. The van der Waals surface area contributed by atoms with E-state index in [2.05, 4.69) is 60.9 Å². The number of piperazine rings is 1. The topological polar surface area (TPSA) is 56.9 Å². The maximum absolute atomic E-state index is 9.20. The SMILES string of the molecule is Cc1nn2c(N3CCN(CCO)CC3)cc(C(C)C)nc2c1-c1ccccc1. The van der Waals surface area contributed by atoms with Crippen LogP contribution in [-0.2, 0) is 0 Å². The molecule has 6 heteroatoms. The van der Waals surface area contributed by atoms with Crippen molar-refractivity contribution in [1.29, 1.82) is 0 Å². The second-order valence-electron chi connectivity index (χ2n) is 7.81. The van der Waals surface area contributed by atoms with E-state index < -0.39 is 0 Å². The van der Waals surface area contributed by atoms with Crippen LogP contribution in [0.15, 0.2) is 36.4 Å². The molecule has 6 nitrogen and oxygen atoms in total. The molecular weight excluding hydrogens is 350 g/mol. The van der Waals surface area contributed by atoms with Gasteiger partial charge in [-0.3, -0.25) is 4.90 Å². The highest BCUT2D eigenvalue weighted by Gasteiger charge is 2.23. The number of hydrogen-bond donors (Lipinski definition) is 1. The first-order valence-electron chi connectivity index (χ1n) is 10.1. The Hall–Kier alpha value is -2.44. The Morgan fingerprint density at radius 1 is 1.07 bits per heavy atom. The molecule has 2 aromatic heterocycles. The van der Waals surface area contributed by atoms with Crippen LogP contribution < -0.4 is 4.90 Å². The van der Waals surface area contributed by atoms with Crippen molar-refractivity contribution in [2.75, 3.05) is 44.2 Å². The Bertz CT molecular complexity index is 942. The molecule has 0 aliphatic carbocycles. The van der Waals surface area contributed by atoms with Gasteiger partial charge in [-0.1, -0.05) is 44.2 Å². The van der Waals surface area contributed by atoms with E-state index in [0.29, 0.717) is 5.92 Å². The lowest BCUT2D eigenvalue weighted by Gasteiger charge is -2.35. The predicted molar refractivity (Wildman–Crippen MR) is 113 cm³/mol. The molecule has 1 N–H and O–H groups in total. The first-order valence-corrected chi connectivity index (χ1v) is 10.1. The summed E-state index contributed by atoms with van der Waals surface area (Å²) in [7, 11) is 0. The van der Waals surface area contributed by atoms with Gasteiger partial charge in [0.15, 0.2) is 5.65 Å². The van der Waals surface area contributed by atoms with Crippen LogP contribution >= 0.6 is 0 Å². The lowest BCUT2D eigenvalue weighted by molar-refractivity contribution is 0.188. The zero-order valence-electron chi connectivity index (χ0n) is 17.0. The number of aliphatic hydroxyl groups is 1. The summed E-state index contributed by atoms with van der Waals surface area (Å²) in [5.41, 5.74) is 5.30. The van der Waals surface area contributed by atoms with E-state index in [1.807, 2.05) is 10.6 Å². The normalized spacial score (nSPS) is 15.7. The number of rotatable bonds is 5. The van der Waals surface area contributed by atoms with Crippen LogP contribution in [0.5, 0.6) is 0 Å². The number of hydrogen-bond acceptors (Lipinski definition) is 5. The molecule has 0 bridgehead atoms. The highest BCUT2D eigenvalue weighted by molar-refractivity contribution is 5.81. The van der Waals surface area contributed by atoms with Gasteiger partial charge in [0.25, 0.3) is 0 Å². The fourth-order valence-corrected chi connectivity index (χ4v) is 3.93. The highest BCUT2D eigenvalue weighted by Crippen LogP contribution is 2.31. The third-order valence-electron chi connectivity index (χ3n) is 5.53. The summed E-state index contributed by atoms with van der Waals surface area (Å²) in [6.45, 7) is 11.2. The molecule has 0 atom stereocenters. The van der Waals surface area contributed by atoms with Crippen molar-refractivity contribution in [3.63, 3.8) is 0 Å². The number of nitrogens with zero attached hydrogens (tertiary/aromatic N) is 5. The minimum Gasteiger partial charge on any atom is -0.395 e. The molecule has 0 spiro atoms. The zero-order chi connectivity index (χ0) is 19.7. The molecule has 0 unspecified atom stereocenters. The number of aliphatic hydroxyl groups excluding tert-OH is 1. The summed E-state index contributed by atoms with van der Waals surface area (Å²) in [6.07, 6.45) is 0. The average Bonchev–Trinajstić information content (AvgIpc) is 3.04. The van der Waals surface area contributed by atoms with Crippen molar-refractivity contribution in [3.8, 4) is 11.1 Å². The summed E-state index contributed by atoms with van der Waals surface area (Å²) in [5, 5.41) is 14.1. The fourth-order valence-electron chi connectivity index (χ4n) is 3.93. The predicted octanol–water partition coefficient (Wildman–Crippen LogP) is 2.94. The average molecular weight is 380 g/mol. The maximum Gasteiger partial charge on any atom is 0.165 e. The van der Waals surface area contributed by atoms with Gasteiger partial charge in [0.05, 0.1) is 12.3 Å². The van der Waals surface area contributed by atoms with E-state index in [-0.39, 0.29) is 6.61 Å². The lowest BCUT2D eigenvalue weighted by atomic mass is 10.1. The van der Waals surface area contributed by atoms with Crippen molar-refractivity contribution in [2.45, 2.75) is 26.7 Å². The molecule has 148 valence electrons. The fraction of sp³-hybridized carbons (Fsp3) is 0.455. The van der Waals surface area contributed by atoms with E-state index >= 15 is 0 Å². The molecule has 3 aromatic rings. The van der Waals surface area contributed by atoms with E-state index in [0.717, 1.165) is 66.7 Å². The number of anilines is 1. The summed E-state index contributed by atoms with van der Waals surface area (Å²) < 4.78 is 2.02. The summed E-state index contributed by atoms with van der Waals surface area (Å²) in [5.74, 6) is 1.46. The highest BCUT2D eigenvalue weighted by atomic mass is 16.3. The second kappa shape index (κ2) is 7.89. The Labute approximate surface area is 166 Å². The number of β-amino-alcohol motifs (C(OH)–C–C–N with tert-alkyl or cyclic N) is 1. The quantitative estimate of drug-likeness (QED) is 0.739. The van der Waals surface area contributed by atoms with Crippen molar-refractivity contribution >= 4 is 11.5 Å². The van der Waals surface area contributed by atoms with Gasteiger partial charge in [-0.05, 0) is 18.4 Å². The van der Waals surface area contributed by atoms with Gasteiger partial charge in [0.2, 0.25) is 0 Å². The molecule has 1 aromatic carbocycles. The van der Waals surface area contributed by atoms with Gasteiger partial charge in [-0.25, -0.2) is 4.98 Å². The standard InChI is InChI=1S/C22H29N5O/c1-16(2)19-15-20(26-11-9-25(10-12-26)13-14-28)27-22(23-19)21(17(3)24-27)18-7-5-4-6-8-18/h4-8,15-16,28H,9-14H2,1-3H3. The summed E-state index contributed by atoms with van der Waals surface area (Å²) in [4.78, 5) is 9.71. The van der Waals surface area contributed by atoms with Crippen molar-refractivity contribution < 1.29 is 5.11 Å². The zero-order valence-corrected chi connectivity index (χ0v) is 17.0. The number of aryl methyl sites for hydroxylation is 1.